The highest BCUT2D eigenvalue weighted by Gasteiger charge is 2.50. The van der Waals surface area contributed by atoms with Crippen LogP contribution in [0.4, 0.5) is 0 Å². The van der Waals surface area contributed by atoms with Crippen molar-refractivity contribution in [1.82, 2.24) is 0 Å². The molecule has 31 heavy (non-hydrogen) atoms. The third-order valence-corrected chi connectivity index (χ3v) is 9.07. The molecule has 0 saturated heterocycles. The standard InChI is InChI=1S/C28H42O3/c1-18(14-20-11-13-27(3,31)17-20)24-9-10-25-21(6-5-12-28(24,25)4)7-8-22-15-23(29)16-26(30)19(22)2/h7-8,11,13,18,20,23-26,29-31H,2,5-6,9-10,12,14-17H2,1,3-4H3/b21-7+,22-8-/t18-,20?,23-,24-,25?,26+,27?,28-/m1/s1. The summed E-state index contributed by atoms with van der Waals surface area (Å²) in [6, 6.07) is 0. The lowest BCUT2D eigenvalue weighted by atomic mass is 9.60. The van der Waals surface area contributed by atoms with Crippen LogP contribution in [0.1, 0.15) is 78.6 Å². The molecule has 8 atom stereocenters. The molecule has 0 aromatic carbocycles. The molecule has 3 heteroatoms. The summed E-state index contributed by atoms with van der Waals surface area (Å²) < 4.78 is 0. The fraction of sp³-hybridized carbons (Fsp3) is 0.714. The maximum Gasteiger partial charge on any atom is 0.0811 e. The summed E-state index contributed by atoms with van der Waals surface area (Å²) in [6.45, 7) is 11.0. The molecule has 3 nitrogen and oxygen atoms in total. The van der Waals surface area contributed by atoms with Crippen molar-refractivity contribution in [2.45, 2.75) is 96.4 Å². The molecule has 0 aromatic rings. The van der Waals surface area contributed by atoms with Crippen molar-refractivity contribution in [2.75, 3.05) is 0 Å². The predicted octanol–water partition coefficient (Wildman–Crippen LogP) is 5.48. The van der Waals surface area contributed by atoms with E-state index in [4.69, 9.17) is 0 Å². The maximum atomic E-state index is 10.3. The van der Waals surface area contributed by atoms with Crippen LogP contribution in [0, 0.1) is 29.1 Å². The summed E-state index contributed by atoms with van der Waals surface area (Å²) in [6.07, 6.45) is 16.9. The minimum Gasteiger partial charge on any atom is -0.393 e. The monoisotopic (exact) mass is 426 g/mol. The van der Waals surface area contributed by atoms with Gasteiger partial charge in [0.2, 0.25) is 0 Å². The van der Waals surface area contributed by atoms with Gasteiger partial charge >= 0.3 is 0 Å². The van der Waals surface area contributed by atoms with Gasteiger partial charge in [0.1, 0.15) is 0 Å². The van der Waals surface area contributed by atoms with Gasteiger partial charge in [0.25, 0.3) is 0 Å². The van der Waals surface area contributed by atoms with Crippen molar-refractivity contribution < 1.29 is 15.3 Å². The van der Waals surface area contributed by atoms with Crippen LogP contribution >= 0.6 is 0 Å². The highest BCUT2D eigenvalue weighted by Crippen LogP contribution is 2.60. The Bertz CT molecular complexity index is 788. The second kappa shape index (κ2) is 8.65. The van der Waals surface area contributed by atoms with Crippen LogP contribution in [0.2, 0.25) is 0 Å². The number of allylic oxidation sites excluding steroid dienone is 4. The minimum absolute atomic E-state index is 0.357. The quantitative estimate of drug-likeness (QED) is 0.522. The lowest BCUT2D eigenvalue weighted by molar-refractivity contribution is 0.0754. The molecule has 0 aliphatic heterocycles. The van der Waals surface area contributed by atoms with Crippen LogP contribution in [0.3, 0.4) is 0 Å². The fourth-order valence-electron chi connectivity index (χ4n) is 7.49. The maximum absolute atomic E-state index is 10.3. The van der Waals surface area contributed by atoms with Crippen LogP contribution < -0.4 is 0 Å². The molecule has 3 saturated carbocycles. The molecule has 4 aliphatic carbocycles. The normalized spacial score (nSPS) is 46.6. The Balaban J connectivity index is 1.47. The number of aliphatic hydroxyl groups excluding tert-OH is 2. The molecule has 3 fully saturated rings. The molecule has 3 unspecified atom stereocenters. The van der Waals surface area contributed by atoms with Crippen molar-refractivity contribution in [2.24, 2.45) is 29.1 Å². The molecule has 172 valence electrons. The number of fused-ring (bicyclic) bond motifs is 1. The van der Waals surface area contributed by atoms with Crippen molar-refractivity contribution in [3.8, 4) is 0 Å². The molecular weight excluding hydrogens is 384 g/mol. The van der Waals surface area contributed by atoms with E-state index < -0.39 is 17.8 Å². The smallest absolute Gasteiger partial charge is 0.0811 e. The summed E-state index contributed by atoms with van der Waals surface area (Å²) in [5.41, 5.74) is 3.08. The molecule has 0 spiro atoms. The van der Waals surface area contributed by atoms with E-state index in [1.807, 2.05) is 13.0 Å². The Morgan fingerprint density at radius 1 is 1.23 bits per heavy atom. The van der Waals surface area contributed by atoms with Gasteiger partial charge in [-0.1, -0.05) is 50.3 Å². The SMILES string of the molecule is C=C1/C(=C\C=C2/CCC[C@@]3(C)C2CC[C@@H]3[C@H](C)CC2C=CC(C)(O)C2)C[C@@H](O)C[C@@H]1O. The molecule has 0 amide bonds. The van der Waals surface area contributed by atoms with E-state index >= 15 is 0 Å². The Hall–Kier alpha value is -1.16. The van der Waals surface area contributed by atoms with Crippen molar-refractivity contribution >= 4 is 0 Å². The predicted molar refractivity (Wildman–Crippen MR) is 126 cm³/mol. The first-order valence-electron chi connectivity index (χ1n) is 12.5. The summed E-state index contributed by atoms with van der Waals surface area (Å²) >= 11 is 0. The van der Waals surface area contributed by atoms with E-state index in [1.54, 1.807) is 5.57 Å². The largest absolute Gasteiger partial charge is 0.393 e. The van der Waals surface area contributed by atoms with Gasteiger partial charge in [-0.05, 0) is 98.5 Å². The zero-order valence-electron chi connectivity index (χ0n) is 19.7. The van der Waals surface area contributed by atoms with Crippen LogP contribution in [-0.2, 0) is 0 Å². The van der Waals surface area contributed by atoms with Crippen molar-refractivity contribution in [3.63, 3.8) is 0 Å². The van der Waals surface area contributed by atoms with Gasteiger partial charge in [-0.2, -0.15) is 0 Å². The van der Waals surface area contributed by atoms with Crippen LogP contribution in [0.15, 0.2) is 47.6 Å². The molecule has 0 bridgehead atoms. The lowest BCUT2D eigenvalue weighted by Gasteiger charge is -2.44. The van der Waals surface area contributed by atoms with Crippen molar-refractivity contribution in [1.29, 1.82) is 0 Å². The van der Waals surface area contributed by atoms with E-state index in [9.17, 15) is 15.3 Å². The topological polar surface area (TPSA) is 60.7 Å². The molecule has 0 aromatic heterocycles. The third-order valence-electron chi connectivity index (χ3n) is 9.07. The zero-order valence-corrected chi connectivity index (χ0v) is 19.7. The fourth-order valence-corrected chi connectivity index (χ4v) is 7.49. The molecule has 3 N–H and O–H groups in total. The van der Waals surface area contributed by atoms with Gasteiger partial charge in [0.05, 0.1) is 17.8 Å². The van der Waals surface area contributed by atoms with E-state index in [1.165, 1.54) is 32.1 Å². The average Bonchev–Trinajstić information content (AvgIpc) is 3.22. The zero-order chi connectivity index (χ0) is 22.4. The molecule has 4 rings (SSSR count). The Labute approximate surface area is 188 Å². The number of rotatable bonds is 4. The van der Waals surface area contributed by atoms with Gasteiger partial charge in [-0.15, -0.1) is 0 Å². The second-order valence-corrected chi connectivity index (χ2v) is 11.6. The Morgan fingerprint density at radius 3 is 2.71 bits per heavy atom. The summed E-state index contributed by atoms with van der Waals surface area (Å²) in [5.74, 6) is 2.55. The molecule has 0 radical (unpaired) electrons. The van der Waals surface area contributed by atoms with E-state index in [0.29, 0.717) is 36.0 Å². The summed E-state index contributed by atoms with van der Waals surface area (Å²) in [7, 11) is 0. The number of aliphatic hydroxyl groups is 3. The van der Waals surface area contributed by atoms with E-state index in [2.05, 4.69) is 38.7 Å². The average molecular weight is 427 g/mol. The molecule has 0 heterocycles. The molecule has 4 aliphatic rings. The minimum atomic E-state index is -0.620. The van der Waals surface area contributed by atoms with Gasteiger partial charge in [0.15, 0.2) is 0 Å². The van der Waals surface area contributed by atoms with Gasteiger partial charge in [-0.3, -0.25) is 0 Å². The Kier molecular flexibility index (Phi) is 6.42. The van der Waals surface area contributed by atoms with Gasteiger partial charge in [0, 0.05) is 6.42 Å². The first-order valence-corrected chi connectivity index (χ1v) is 12.5. The first kappa shape index (κ1) is 23.0. The third kappa shape index (κ3) is 4.65. The number of hydrogen-bond acceptors (Lipinski definition) is 3. The highest BCUT2D eigenvalue weighted by molar-refractivity contribution is 5.38. The van der Waals surface area contributed by atoms with E-state index in [0.717, 1.165) is 29.9 Å². The highest BCUT2D eigenvalue weighted by atomic mass is 16.3. The van der Waals surface area contributed by atoms with E-state index in [-0.39, 0.29) is 0 Å². The van der Waals surface area contributed by atoms with Crippen molar-refractivity contribution in [3.05, 3.63) is 47.6 Å². The van der Waals surface area contributed by atoms with Gasteiger partial charge in [-0.25, -0.2) is 0 Å². The second-order valence-electron chi connectivity index (χ2n) is 11.6. The number of hydrogen-bond donors (Lipinski definition) is 3. The van der Waals surface area contributed by atoms with Gasteiger partial charge < -0.3 is 15.3 Å². The molecular formula is C28H42O3. The van der Waals surface area contributed by atoms with Crippen LogP contribution in [0.5, 0.6) is 0 Å². The first-order chi connectivity index (χ1) is 14.6. The Morgan fingerprint density at radius 2 is 2.00 bits per heavy atom. The summed E-state index contributed by atoms with van der Waals surface area (Å²) in [4.78, 5) is 0. The van der Waals surface area contributed by atoms with Crippen LogP contribution in [-0.4, -0.2) is 33.1 Å². The summed E-state index contributed by atoms with van der Waals surface area (Å²) in [5, 5.41) is 30.5. The lowest BCUT2D eigenvalue weighted by Crippen LogP contribution is -2.36. The van der Waals surface area contributed by atoms with Crippen LogP contribution in [0.25, 0.3) is 0 Å².